The normalized spacial score (nSPS) is 20.2. The molecule has 2 aliphatic heterocycles. The fraction of sp³-hybridized carbons (Fsp3) is 0.417. The highest BCUT2D eigenvalue weighted by Gasteiger charge is 2.33. The molecular weight excluding hydrogens is 434 g/mol. The molecule has 0 radical (unpaired) electrons. The SMILES string of the molecule is COc1ccc([C@@H]2CC(=O)N(CC(=O)N(C)c3cccc(F)c3F)C2)cc1OC1CCCO1. The van der Waals surface area contributed by atoms with Gasteiger partial charge in [-0.05, 0) is 36.2 Å². The third-order valence-corrected chi connectivity index (χ3v) is 6.01. The number of carbonyl (C=O) groups is 2. The molecule has 4 rings (SSSR count). The van der Waals surface area contributed by atoms with Crippen molar-refractivity contribution in [2.45, 2.75) is 31.5 Å². The number of hydrogen-bond donors (Lipinski definition) is 0. The van der Waals surface area contributed by atoms with Crippen molar-refractivity contribution < 1.29 is 32.6 Å². The van der Waals surface area contributed by atoms with E-state index in [9.17, 15) is 18.4 Å². The predicted octanol–water partition coefficient (Wildman–Crippen LogP) is 3.47. The van der Waals surface area contributed by atoms with E-state index in [-0.39, 0.29) is 36.8 Å². The van der Waals surface area contributed by atoms with Crippen molar-refractivity contribution in [3.63, 3.8) is 0 Å². The lowest BCUT2D eigenvalue weighted by Crippen LogP contribution is -2.39. The van der Waals surface area contributed by atoms with E-state index in [0.717, 1.165) is 29.4 Å². The van der Waals surface area contributed by atoms with Crippen molar-refractivity contribution in [2.75, 3.05) is 38.8 Å². The first kappa shape index (κ1) is 23.0. The van der Waals surface area contributed by atoms with Crippen LogP contribution < -0.4 is 14.4 Å². The zero-order chi connectivity index (χ0) is 23.5. The minimum absolute atomic E-state index is 0.140. The molecule has 2 aromatic carbocycles. The molecule has 0 saturated carbocycles. The van der Waals surface area contributed by atoms with Gasteiger partial charge in [0.05, 0.1) is 19.4 Å². The highest BCUT2D eigenvalue weighted by Crippen LogP contribution is 2.36. The zero-order valence-electron chi connectivity index (χ0n) is 18.6. The first-order valence-electron chi connectivity index (χ1n) is 10.8. The van der Waals surface area contributed by atoms with Crippen LogP contribution in [0.15, 0.2) is 36.4 Å². The van der Waals surface area contributed by atoms with Crippen LogP contribution >= 0.6 is 0 Å². The lowest BCUT2D eigenvalue weighted by atomic mass is 9.98. The summed E-state index contributed by atoms with van der Waals surface area (Å²) in [6, 6.07) is 9.14. The Labute approximate surface area is 190 Å². The molecule has 7 nitrogen and oxygen atoms in total. The molecule has 0 aliphatic carbocycles. The van der Waals surface area contributed by atoms with Gasteiger partial charge in [-0.25, -0.2) is 8.78 Å². The van der Waals surface area contributed by atoms with Crippen molar-refractivity contribution >= 4 is 17.5 Å². The van der Waals surface area contributed by atoms with Gasteiger partial charge in [-0.1, -0.05) is 12.1 Å². The smallest absolute Gasteiger partial charge is 0.246 e. The summed E-state index contributed by atoms with van der Waals surface area (Å²) in [5, 5.41) is 0. The molecule has 2 fully saturated rings. The van der Waals surface area contributed by atoms with E-state index in [4.69, 9.17) is 14.2 Å². The van der Waals surface area contributed by atoms with Gasteiger partial charge >= 0.3 is 0 Å². The molecule has 176 valence electrons. The summed E-state index contributed by atoms with van der Waals surface area (Å²) >= 11 is 0. The van der Waals surface area contributed by atoms with E-state index in [1.54, 1.807) is 13.2 Å². The van der Waals surface area contributed by atoms with E-state index in [1.165, 1.54) is 24.1 Å². The lowest BCUT2D eigenvalue weighted by Gasteiger charge is -2.22. The number of amides is 2. The van der Waals surface area contributed by atoms with E-state index in [1.807, 2.05) is 12.1 Å². The molecule has 2 amide bonds. The highest BCUT2D eigenvalue weighted by atomic mass is 19.2. The van der Waals surface area contributed by atoms with Gasteiger partial charge in [-0.15, -0.1) is 0 Å². The largest absolute Gasteiger partial charge is 0.493 e. The Kier molecular flexibility index (Phi) is 6.78. The van der Waals surface area contributed by atoms with Crippen molar-refractivity contribution in [1.29, 1.82) is 0 Å². The van der Waals surface area contributed by atoms with E-state index >= 15 is 0 Å². The van der Waals surface area contributed by atoms with Crippen LogP contribution in [0.25, 0.3) is 0 Å². The summed E-state index contributed by atoms with van der Waals surface area (Å²) in [6.45, 7) is 0.758. The van der Waals surface area contributed by atoms with Crippen LogP contribution in [0.5, 0.6) is 11.5 Å². The molecular formula is C24H26F2N2O5. The van der Waals surface area contributed by atoms with Gasteiger partial charge in [0.15, 0.2) is 29.4 Å². The van der Waals surface area contributed by atoms with Crippen LogP contribution in [0.3, 0.4) is 0 Å². The zero-order valence-corrected chi connectivity index (χ0v) is 18.6. The number of methoxy groups -OCH3 is 1. The molecule has 2 atom stereocenters. The molecule has 0 N–H and O–H groups in total. The van der Waals surface area contributed by atoms with Crippen molar-refractivity contribution in [3.8, 4) is 11.5 Å². The van der Waals surface area contributed by atoms with E-state index in [2.05, 4.69) is 0 Å². The minimum Gasteiger partial charge on any atom is -0.493 e. The standard InChI is InChI=1S/C24H26F2N2O5/c1-27(18-6-3-5-17(25)24(18)26)22(30)14-28-13-16(12-21(28)29)15-8-9-19(31-2)20(11-15)33-23-7-4-10-32-23/h3,5-6,8-9,11,16,23H,4,7,10,12-14H2,1-2H3/t16-,23?/m1/s1. The monoisotopic (exact) mass is 460 g/mol. The topological polar surface area (TPSA) is 68.3 Å². The Balaban J connectivity index is 1.44. The van der Waals surface area contributed by atoms with Crippen LogP contribution in [0, 0.1) is 11.6 Å². The molecule has 0 spiro atoms. The van der Waals surface area contributed by atoms with Crippen LogP contribution in [0.1, 0.15) is 30.7 Å². The second-order valence-electron chi connectivity index (χ2n) is 8.17. The molecule has 2 saturated heterocycles. The number of hydrogen-bond acceptors (Lipinski definition) is 5. The molecule has 2 heterocycles. The maximum absolute atomic E-state index is 14.1. The quantitative estimate of drug-likeness (QED) is 0.633. The average Bonchev–Trinajstić information content (AvgIpc) is 3.45. The number of carbonyl (C=O) groups excluding carboxylic acids is 2. The molecule has 33 heavy (non-hydrogen) atoms. The maximum atomic E-state index is 14.1. The predicted molar refractivity (Wildman–Crippen MR) is 116 cm³/mol. The van der Waals surface area contributed by atoms with Gasteiger partial charge in [-0.3, -0.25) is 9.59 Å². The molecule has 0 bridgehead atoms. The van der Waals surface area contributed by atoms with E-state index < -0.39 is 17.5 Å². The fourth-order valence-electron chi connectivity index (χ4n) is 4.13. The van der Waals surface area contributed by atoms with E-state index in [0.29, 0.717) is 24.7 Å². The first-order chi connectivity index (χ1) is 15.9. The number of anilines is 1. The van der Waals surface area contributed by atoms with Gasteiger partial charge in [0.25, 0.3) is 0 Å². The summed E-state index contributed by atoms with van der Waals surface area (Å²) in [4.78, 5) is 27.7. The van der Waals surface area contributed by atoms with Crippen molar-refractivity contribution in [3.05, 3.63) is 53.6 Å². The van der Waals surface area contributed by atoms with Crippen LogP contribution in [0.2, 0.25) is 0 Å². The second kappa shape index (κ2) is 9.74. The summed E-state index contributed by atoms with van der Waals surface area (Å²) < 4.78 is 44.4. The Morgan fingerprint density at radius 3 is 2.79 bits per heavy atom. The molecule has 2 aromatic rings. The number of rotatable bonds is 7. The van der Waals surface area contributed by atoms with Crippen molar-refractivity contribution in [2.24, 2.45) is 0 Å². The fourth-order valence-corrected chi connectivity index (χ4v) is 4.13. The third-order valence-electron chi connectivity index (χ3n) is 6.01. The first-order valence-corrected chi connectivity index (χ1v) is 10.8. The van der Waals surface area contributed by atoms with Gasteiger partial charge in [0.2, 0.25) is 11.8 Å². The molecule has 9 heteroatoms. The van der Waals surface area contributed by atoms with Crippen LogP contribution in [-0.4, -0.2) is 56.9 Å². The second-order valence-corrected chi connectivity index (χ2v) is 8.17. The number of likely N-dealkylation sites (tertiary alicyclic amines) is 1. The molecule has 1 unspecified atom stereocenters. The van der Waals surface area contributed by atoms with Gasteiger partial charge < -0.3 is 24.0 Å². The number of benzene rings is 2. The minimum atomic E-state index is -1.10. The number of nitrogens with zero attached hydrogens (tertiary/aromatic N) is 2. The van der Waals surface area contributed by atoms with Crippen molar-refractivity contribution in [1.82, 2.24) is 4.90 Å². The molecule has 2 aliphatic rings. The number of likely N-dealkylation sites (N-methyl/N-ethyl adjacent to an activating group) is 1. The van der Waals surface area contributed by atoms with Gasteiger partial charge in [0, 0.05) is 32.4 Å². The lowest BCUT2D eigenvalue weighted by molar-refractivity contribution is -0.132. The number of halogens is 2. The Hall–Kier alpha value is -3.20. The summed E-state index contributed by atoms with van der Waals surface area (Å²) in [5.74, 6) is -1.85. The van der Waals surface area contributed by atoms with Gasteiger partial charge in [0.1, 0.15) is 6.54 Å². The maximum Gasteiger partial charge on any atom is 0.246 e. The van der Waals surface area contributed by atoms with Crippen LogP contribution in [0.4, 0.5) is 14.5 Å². The molecule has 0 aromatic heterocycles. The summed E-state index contributed by atoms with van der Waals surface area (Å²) in [5.41, 5.74) is 0.714. The Bertz CT molecular complexity index is 1040. The Morgan fingerprint density at radius 2 is 2.06 bits per heavy atom. The average molecular weight is 460 g/mol. The Morgan fingerprint density at radius 1 is 1.24 bits per heavy atom. The summed E-state index contributed by atoms with van der Waals surface area (Å²) in [6.07, 6.45) is 1.63. The third kappa shape index (κ3) is 4.93. The number of ether oxygens (including phenoxy) is 3. The highest BCUT2D eigenvalue weighted by molar-refractivity contribution is 5.96. The summed E-state index contributed by atoms with van der Waals surface area (Å²) in [7, 11) is 2.91. The van der Waals surface area contributed by atoms with Crippen LogP contribution in [-0.2, 0) is 14.3 Å². The van der Waals surface area contributed by atoms with Gasteiger partial charge in [-0.2, -0.15) is 0 Å².